The van der Waals surface area contributed by atoms with Crippen LogP contribution in [0.4, 0.5) is 18.9 Å². The number of hydrogen-bond acceptors (Lipinski definition) is 7. The summed E-state index contributed by atoms with van der Waals surface area (Å²) in [6.45, 7) is 0. The molecule has 2 aromatic heterocycles. The zero-order valence-electron chi connectivity index (χ0n) is 20.0. The maximum atomic E-state index is 13.4. The number of alkyl halides is 3. The van der Waals surface area contributed by atoms with Crippen LogP contribution in [0, 0.1) is 10.1 Å². The van der Waals surface area contributed by atoms with Gasteiger partial charge in [-0.3, -0.25) is 14.9 Å². The Hall–Kier alpha value is -5.10. The number of nitrogens with zero attached hydrogens (tertiary/aromatic N) is 5. The van der Waals surface area contributed by atoms with Gasteiger partial charge in [0.05, 0.1) is 27.6 Å². The minimum Gasteiger partial charge on any atom is -0.438 e. The quantitative estimate of drug-likeness (QED) is 0.128. The van der Waals surface area contributed by atoms with E-state index in [1.165, 1.54) is 54.7 Å². The number of fused-ring (bicyclic) bond motifs is 1. The fourth-order valence-electron chi connectivity index (χ4n) is 3.74. The maximum Gasteiger partial charge on any atom is 0.416 e. The van der Waals surface area contributed by atoms with Crippen LogP contribution in [0.5, 0.6) is 11.6 Å². The summed E-state index contributed by atoms with van der Waals surface area (Å²) in [5.41, 5.74) is -1.17. The Labute approximate surface area is 227 Å². The number of para-hydroxylation sites is 1. The highest BCUT2D eigenvalue weighted by Crippen LogP contribution is 2.32. The van der Waals surface area contributed by atoms with Crippen LogP contribution in [-0.2, 0) is 6.18 Å². The molecule has 0 fully saturated rings. The van der Waals surface area contributed by atoms with Crippen molar-refractivity contribution in [1.82, 2.24) is 14.6 Å². The van der Waals surface area contributed by atoms with Gasteiger partial charge < -0.3 is 4.74 Å². The molecule has 3 aromatic carbocycles. The van der Waals surface area contributed by atoms with Gasteiger partial charge in [-0.25, -0.2) is 9.97 Å². The topological polar surface area (TPSA) is 113 Å². The van der Waals surface area contributed by atoms with Gasteiger partial charge in [-0.1, -0.05) is 35.9 Å². The maximum absolute atomic E-state index is 13.4. The third-order valence-corrected chi connectivity index (χ3v) is 5.87. The lowest BCUT2D eigenvalue weighted by Gasteiger charge is -2.12. The zero-order chi connectivity index (χ0) is 28.4. The van der Waals surface area contributed by atoms with Crippen LogP contribution >= 0.6 is 11.6 Å². The molecule has 13 heteroatoms. The summed E-state index contributed by atoms with van der Waals surface area (Å²) in [5, 5.41) is 15.7. The minimum absolute atomic E-state index is 0.0208. The van der Waals surface area contributed by atoms with Gasteiger partial charge in [0.25, 0.3) is 11.2 Å². The van der Waals surface area contributed by atoms with Crippen molar-refractivity contribution in [3.05, 3.63) is 122 Å². The molecule has 9 nitrogen and oxygen atoms in total. The highest BCUT2D eigenvalue weighted by atomic mass is 35.5. The first-order valence-corrected chi connectivity index (χ1v) is 11.8. The molecule has 0 saturated carbocycles. The van der Waals surface area contributed by atoms with Gasteiger partial charge in [0, 0.05) is 28.3 Å². The van der Waals surface area contributed by atoms with Crippen LogP contribution in [-0.4, -0.2) is 25.8 Å². The van der Waals surface area contributed by atoms with E-state index in [9.17, 15) is 28.1 Å². The van der Waals surface area contributed by atoms with E-state index in [0.29, 0.717) is 5.02 Å². The Bertz CT molecular complexity index is 1840. The monoisotopic (exact) mass is 565 g/mol. The molecule has 0 radical (unpaired) electrons. The van der Waals surface area contributed by atoms with E-state index in [1.807, 2.05) is 0 Å². The van der Waals surface area contributed by atoms with Gasteiger partial charge in [0.1, 0.15) is 11.9 Å². The van der Waals surface area contributed by atoms with Crippen LogP contribution < -0.4 is 10.3 Å². The van der Waals surface area contributed by atoms with Crippen molar-refractivity contribution in [3.63, 3.8) is 0 Å². The highest BCUT2D eigenvalue weighted by Gasteiger charge is 2.31. The van der Waals surface area contributed by atoms with Crippen molar-refractivity contribution in [2.24, 2.45) is 5.10 Å². The van der Waals surface area contributed by atoms with Gasteiger partial charge in [0.15, 0.2) is 5.82 Å². The first kappa shape index (κ1) is 26.5. The van der Waals surface area contributed by atoms with Gasteiger partial charge >= 0.3 is 6.18 Å². The second kappa shape index (κ2) is 10.6. The second-order valence-electron chi connectivity index (χ2n) is 8.29. The number of pyridine rings is 1. The predicted octanol–water partition coefficient (Wildman–Crippen LogP) is 6.71. The van der Waals surface area contributed by atoms with Crippen LogP contribution in [0.15, 0.2) is 95.0 Å². The first-order chi connectivity index (χ1) is 19.1. The van der Waals surface area contributed by atoms with Crippen LogP contribution in [0.1, 0.15) is 11.1 Å². The summed E-state index contributed by atoms with van der Waals surface area (Å²) in [4.78, 5) is 32.1. The van der Waals surface area contributed by atoms with Gasteiger partial charge in [0.2, 0.25) is 5.88 Å². The number of hydrogen-bond donors (Lipinski definition) is 0. The summed E-state index contributed by atoms with van der Waals surface area (Å²) in [6.07, 6.45) is -2.34. The fourth-order valence-corrected chi connectivity index (χ4v) is 3.92. The van der Waals surface area contributed by atoms with Crippen LogP contribution in [0.25, 0.3) is 22.3 Å². The molecule has 0 aliphatic heterocycles. The van der Waals surface area contributed by atoms with E-state index in [-0.39, 0.29) is 45.2 Å². The second-order valence-corrected chi connectivity index (χ2v) is 8.73. The fraction of sp³-hybridized carbons (Fsp3) is 0.0370. The summed E-state index contributed by atoms with van der Waals surface area (Å²) in [6, 6.07) is 17.8. The Morgan fingerprint density at radius 3 is 2.55 bits per heavy atom. The minimum atomic E-state index is -4.61. The molecule has 5 aromatic rings. The van der Waals surface area contributed by atoms with Crippen LogP contribution in [0.2, 0.25) is 5.02 Å². The van der Waals surface area contributed by atoms with Crippen molar-refractivity contribution in [1.29, 1.82) is 0 Å². The number of benzene rings is 3. The largest absolute Gasteiger partial charge is 0.438 e. The third-order valence-electron chi connectivity index (χ3n) is 5.63. The lowest BCUT2D eigenvalue weighted by Crippen LogP contribution is -2.20. The highest BCUT2D eigenvalue weighted by molar-refractivity contribution is 6.30. The summed E-state index contributed by atoms with van der Waals surface area (Å²) >= 11 is 6.16. The number of ether oxygens (including phenoxy) is 1. The van der Waals surface area contributed by atoms with Crippen molar-refractivity contribution in [2.75, 3.05) is 0 Å². The number of rotatable bonds is 6. The number of nitro groups is 1. The standard InChI is InChI=1S/C27H15ClF3N5O4/c28-19-8-10-23(40-24-11-9-20(15-32-24)36(38)39)17(13-19)14-33-35-25(16-4-3-5-18(12-16)27(29,30)31)34-22-7-2-1-6-21(22)26(35)37/h1-15H. The van der Waals surface area contributed by atoms with E-state index in [2.05, 4.69) is 15.1 Å². The van der Waals surface area contributed by atoms with Gasteiger partial charge in [-0.05, 0) is 42.5 Å². The zero-order valence-corrected chi connectivity index (χ0v) is 20.8. The molecular formula is C27H15ClF3N5O4. The van der Waals surface area contributed by atoms with Crippen molar-refractivity contribution >= 4 is 34.4 Å². The average Bonchev–Trinajstić information content (AvgIpc) is 2.93. The van der Waals surface area contributed by atoms with E-state index >= 15 is 0 Å². The number of aromatic nitrogens is 3. The molecule has 0 N–H and O–H groups in total. The lowest BCUT2D eigenvalue weighted by molar-refractivity contribution is -0.385. The Morgan fingerprint density at radius 2 is 1.82 bits per heavy atom. The Balaban J connectivity index is 1.61. The lowest BCUT2D eigenvalue weighted by atomic mass is 10.1. The van der Waals surface area contributed by atoms with Crippen molar-refractivity contribution in [2.45, 2.75) is 6.18 Å². The summed E-state index contributed by atoms with van der Waals surface area (Å²) in [7, 11) is 0. The van der Waals surface area contributed by atoms with Gasteiger partial charge in [-0.2, -0.15) is 22.9 Å². The summed E-state index contributed by atoms with van der Waals surface area (Å²) < 4.78 is 46.9. The van der Waals surface area contributed by atoms with E-state index in [0.717, 1.165) is 23.0 Å². The molecule has 5 rings (SSSR count). The molecule has 0 aliphatic rings. The SMILES string of the molecule is O=c1c2ccccc2nc(-c2cccc(C(F)(F)F)c2)n1N=Cc1cc(Cl)ccc1Oc1ccc([N+](=O)[O-])cn1. The molecule has 0 saturated heterocycles. The Morgan fingerprint density at radius 1 is 1.02 bits per heavy atom. The van der Waals surface area contributed by atoms with Crippen molar-refractivity contribution < 1.29 is 22.8 Å². The normalized spacial score (nSPS) is 11.7. The molecule has 0 aliphatic carbocycles. The molecule has 200 valence electrons. The molecule has 0 atom stereocenters. The van der Waals surface area contributed by atoms with E-state index < -0.39 is 22.2 Å². The molecular weight excluding hydrogens is 551 g/mol. The predicted molar refractivity (Wildman–Crippen MR) is 142 cm³/mol. The van der Waals surface area contributed by atoms with E-state index in [1.54, 1.807) is 18.2 Å². The molecule has 40 heavy (non-hydrogen) atoms. The Kier molecular flexibility index (Phi) is 7.01. The average molecular weight is 566 g/mol. The number of halogens is 4. The summed E-state index contributed by atoms with van der Waals surface area (Å²) in [5.74, 6) is 0.112. The smallest absolute Gasteiger partial charge is 0.416 e. The van der Waals surface area contributed by atoms with Crippen molar-refractivity contribution in [3.8, 4) is 23.0 Å². The molecule has 0 spiro atoms. The van der Waals surface area contributed by atoms with Crippen LogP contribution in [0.3, 0.4) is 0 Å². The molecule has 0 amide bonds. The molecule has 0 bridgehead atoms. The third kappa shape index (κ3) is 5.52. The van der Waals surface area contributed by atoms with Gasteiger partial charge in [-0.15, -0.1) is 0 Å². The first-order valence-electron chi connectivity index (χ1n) is 11.4. The molecule has 0 unspecified atom stereocenters. The molecule has 2 heterocycles. The van der Waals surface area contributed by atoms with E-state index in [4.69, 9.17) is 16.3 Å².